The molecule has 1 aromatic heterocycles. The zero-order chi connectivity index (χ0) is 17.9. The third kappa shape index (κ3) is 3.66. The standard InChI is InChI=1S/C20H27N5O/c1-16-14-25(7-6-22-16)20(26)15-23-8-10-24(11-9-23)19-13-21-12-17-4-2-3-5-18(17)19/h2-5,12-13,16,22H,6-11,14-15H2,1H3. The predicted molar refractivity (Wildman–Crippen MR) is 104 cm³/mol. The number of carbonyl (C=O) groups is 1. The molecule has 26 heavy (non-hydrogen) atoms. The number of amides is 1. The van der Waals surface area contributed by atoms with E-state index in [1.807, 2.05) is 23.4 Å². The molecule has 4 rings (SSSR count). The molecule has 0 saturated carbocycles. The second-order valence-corrected chi connectivity index (χ2v) is 7.34. The van der Waals surface area contributed by atoms with E-state index in [-0.39, 0.29) is 5.91 Å². The van der Waals surface area contributed by atoms with Crippen LogP contribution in [0.15, 0.2) is 36.7 Å². The zero-order valence-electron chi connectivity index (χ0n) is 15.4. The molecule has 2 aromatic rings. The number of anilines is 1. The average molecular weight is 353 g/mol. The maximum Gasteiger partial charge on any atom is 0.236 e. The molecule has 0 spiro atoms. The summed E-state index contributed by atoms with van der Waals surface area (Å²) in [6.45, 7) is 8.90. The molecule has 1 N–H and O–H groups in total. The van der Waals surface area contributed by atoms with E-state index < -0.39 is 0 Å². The van der Waals surface area contributed by atoms with E-state index in [1.54, 1.807) is 0 Å². The Kier molecular flexibility index (Phi) is 5.04. The lowest BCUT2D eigenvalue weighted by atomic mass is 10.1. The molecule has 2 aliphatic rings. The van der Waals surface area contributed by atoms with E-state index in [4.69, 9.17) is 0 Å². The molecule has 2 aliphatic heterocycles. The molecule has 6 heteroatoms. The number of nitrogens with one attached hydrogen (secondary N) is 1. The number of rotatable bonds is 3. The van der Waals surface area contributed by atoms with Crippen LogP contribution in [0.5, 0.6) is 0 Å². The highest BCUT2D eigenvalue weighted by Gasteiger charge is 2.25. The fourth-order valence-corrected chi connectivity index (χ4v) is 3.95. The molecule has 3 heterocycles. The van der Waals surface area contributed by atoms with E-state index in [1.165, 1.54) is 16.5 Å². The predicted octanol–water partition coefficient (Wildman–Crippen LogP) is 1.18. The first-order chi connectivity index (χ1) is 12.7. The van der Waals surface area contributed by atoms with Gasteiger partial charge in [0.25, 0.3) is 0 Å². The number of hydrogen-bond acceptors (Lipinski definition) is 5. The highest BCUT2D eigenvalue weighted by atomic mass is 16.2. The maximum absolute atomic E-state index is 12.6. The van der Waals surface area contributed by atoms with Crippen molar-refractivity contribution in [1.29, 1.82) is 0 Å². The number of piperazine rings is 2. The third-order valence-corrected chi connectivity index (χ3v) is 5.44. The van der Waals surface area contributed by atoms with Crippen LogP contribution in [0, 0.1) is 0 Å². The molecule has 1 amide bonds. The van der Waals surface area contributed by atoms with Crippen LogP contribution in [0.25, 0.3) is 10.8 Å². The summed E-state index contributed by atoms with van der Waals surface area (Å²) >= 11 is 0. The quantitative estimate of drug-likeness (QED) is 0.898. The largest absolute Gasteiger partial charge is 0.367 e. The summed E-state index contributed by atoms with van der Waals surface area (Å²) in [4.78, 5) is 23.6. The Hall–Kier alpha value is -2.18. The van der Waals surface area contributed by atoms with Crippen molar-refractivity contribution >= 4 is 22.4 Å². The van der Waals surface area contributed by atoms with Gasteiger partial charge in [-0.15, -0.1) is 0 Å². The summed E-state index contributed by atoms with van der Waals surface area (Å²) in [5.41, 5.74) is 1.20. The smallest absolute Gasteiger partial charge is 0.236 e. The number of carbonyl (C=O) groups excluding carboxylic acids is 1. The molecule has 6 nitrogen and oxygen atoms in total. The van der Waals surface area contributed by atoms with Gasteiger partial charge in [-0.05, 0) is 6.92 Å². The van der Waals surface area contributed by atoms with Crippen LogP contribution in [0.4, 0.5) is 5.69 Å². The number of fused-ring (bicyclic) bond motifs is 1. The van der Waals surface area contributed by atoms with Crippen molar-refractivity contribution in [3.8, 4) is 0 Å². The summed E-state index contributed by atoms with van der Waals surface area (Å²) in [6, 6.07) is 8.79. The van der Waals surface area contributed by atoms with Gasteiger partial charge in [0.15, 0.2) is 0 Å². The lowest BCUT2D eigenvalue weighted by molar-refractivity contribution is -0.133. The Morgan fingerprint density at radius 1 is 1.15 bits per heavy atom. The second-order valence-electron chi connectivity index (χ2n) is 7.34. The Morgan fingerprint density at radius 3 is 2.77 bits per heavy atom. The van der Waals surface area contributed by atoms with Gasteiger partial charge >= 0.3 is 0 Å². The first kappa shape index (κ1) is 17.2. The summed E-state index contributed by atoms with van der Waals surface area (Å²) in [5.74, 6) is 0.263. The van der Waals surface area contributed by atoms with Crippen LogP contribution in [-0.2, 0) is 4.79 Å². The minimum atomic E-state index is 0.263. The van der Waals surface area contributed by atoms with Gasteiger partial charge in [0, 0.05) is 68.8 Å². The Bertz CT molecular complexity index is 766. The molecule has 1 aromatic carbocycles. The number of aromatic nitrogens is 1. The van der Waals surface area contributed by atoms with Crippen molar-refractivity contribution in [3.63, 3.8) is 0 Å². The Labute approximate surface area is 154 Å². The molecule has 1 atom stereocenters. The van der Waals surface area contributed by atoms with Crippen LogP contribution in [0.2, 0.25) is 0 Å². The molecule has 1 unspecified atom stereocenters. The van der Waals surface area contributed by atoms with Crippen LogP contribution >= 0.6 is 0 Å². The van der Waals surface area contributed by atoms with Crippen molar-refractivity contribution in [1.82, 2.24) is 20.1 Å². The third-order valence-electron chi connectivity index (χ3n) is 5.44. The Morgan fingerprint density at radius 2 is 1.96 bits per heavy atom. The molecule has 138 valence electrons. The van der Waals surface area contributed by atoms with Gasteiger partial charge in [-0.2, -0.15) is 0 Å². The van der Waals surface area contributed by atoms with E-state index in [2.05, 4.69) is 45.2 Å². The highest BCUT2D eigenvalue weighted by molar-refractivity contribution is 5.93. The summed E-state index contributed by atoms with van der Waals surface area (Å²) in [5, 5.41) is 5.82. The minimum absolute atomic E-state index is 0.263. The average Bonchev–Trinajstić information content (AvgIpc) is 2.68. The fourth-order valence-electron chi connectivity index (χ4n) is 3.95. The molecule has 2 fully saturated rings. The first-order valence-electron chi connectivity index (χ1n) is 9.52. The highest BCUT2D eigenvalue weighted by Crippen LogP contribution is 2.26. The number of hydrogen-bond donors (Lipinski definition) is 1. The first-order valence-corrected chi connectivity index (χ1v) is 9.52. The second kappa shape index (κ2) is 7.60. The maximum atomic E-state index is 12.6. The van der Waals surface area contributed by atoms with Crippen LogP contribution in [0.1, 0.15) is 6.92 Å². The zero-order valence-corrected chi connectivity index (χ0v) is 15.4. The molecular weight excluding hydrogens is 326 g/mol. The topological polar surface area (TPSA) is 51.7 Å². The van der Waals surface area contributed by atoms with E-state index >= 15 is 0 Å². The molecule has 0 aliphatic carbocycles. The normalized spacial score (nSPS) is 22.0. The van der Waals surface area contributed by atoms with E-state index in [0.29, 0.717) is 12.6 Å². The summed E-state index contributed by atoms with van der Waals surface area (Å²) in [7, 11) is 0. The van der Waals surface area contributed by atoms with Gasteiger partial charge in [0.05, 0.1) is 18.4 Å². The minimum Gasteiger partial charge on any atom is -0.367 e. The number of nitrogens with zero attached hydrogens (tertiary/aromatic N) is 4. The van der Waals surface area contributed by atoms with Crippen molar-refractivity contribution in [2.24, 2.45) is 0 Å². The molecule has 0 bridgehead atoms. The SMILES string of the molecule is CC1CN(C(=O)CN2CCN(c3cncc4ccccc34)CC2)CCN1. The van der Waals surface area contributed by atoms with Gasteiger partial charge in [-0.3, -0.25) is 14.7 Å². The monoisotopic (exact) mass is 353 g/mol. The van der Waals surface area contributed by atoms with Gasteiger partial charge in [-0.25, -0.2) is 0 Å². The Balaban J connectivity index is 1.36. The van der Waals surface area contributed by atoms with Crippen LogP contribution in [-0.4, -0.2) is 79.1 Å². The molecule has 0 radical (unpaired) electrons. The van der Waals surface area contributed by atoms with Crippen LogP contribution in [0.3, 0.4) is 0 Å². The van der Waals surface area contributed by atoms with Crippen molar-refractivity contribution in [2.75, 3.05) is 57.3 Å². The van der Waals surface area contributed by atoms with E-state index in [9.17, 15) is 4.79 Å². The summed E-state index contributed by atoms with van der Waals surface area (Å²) in [6.07, 6.45) is 3.88. The van der Waals surface area contributed by atoms with Crippen molar-refractivity contribution < 1.29 is 4.79 Å². The van der Waals surface area contributed by atoms with E-state index in [0.717, 1.165) is 45.8 Å². The lowest BCUT2D eigenvalue weighted by Gasteiger charge is -2.38. The van der Waals surface area contributed by atoms with Gasteiger partial charge in [0.1, 0.15) is 0 Å². The van der Waals surface area contributed by atoms with Gasteiger partial charge in [0.2, 0.25) is 5.91 Å². The molecule has 2 saturated heterocycles. The lowest BCUT2D eigenvalue weighted by Crippen LogP contribution is -2.55. The fraction of sp³-hybridized carbons (Fsp3) is 0.500. The summed E-state index contributed by atoms with van der Waals surface area (Å²) < 4.78 is 0. The number of benzene rings is 1. The van der Waals surface area contributed by atoms with Crippen molar-refractivity contribution in [2.45, 2.75) is 13.0 Å². The molecular formula is C20H27N5O. The van der Waals surface area contributed by atoms with Crippen LogP contribution < -0.4 is 10.2 Å². The number of pyridine rings is 1. The van der Waals surface area contributed by atoms with Gasteiger partial charge in [-0.1, -0.05) is 24.3 Å². The van der Waals surface area contributed by atoms with Crippen molar-refractivity contribution in [3.05, 3.63) is 36.7 Å². The van der Waals surface area contributed by atoms with Gasteiger partial charge < -0.3 is 15.1 Å².